The van der Waals surface area contributed by atoms with Crippen LogP contribution < -0.4 is 20.3 Å². The van der Waals surface area contributed by atoms with Crippen LogP contribution in [0.5, 0.6) is 5.75 Å². The second-order valence-corrected chi connectivity index (χ2v) is 5.39. The van der Waals surface area contributed by atoms with Crippen molar-refractivity contribution in [3.63, 3.8) is 0 Å². The van der Waals surface area contributed by atoms with Crippen LogP contribution >= 0.6 is 0 Å². The van der Waals surface area contributed by atoms with Crippen molar-refractivity contribution in [2.45, 2.75) is 6.10 Å². The van der Waals surface area contributed by atoms with Crippen molar-refractivity contribution in [2.75, 3.05) is 38.0 Å². The van der Waals surface area contributed by atoms with Crippen LogP contribution in [-0.2, 0) is 0 Å². The summed E-state index contributed by atoms with van der Waals surface area (Å²) in [6, 6.07) is 10.3. The van der Waals surface area contributed by atoms with E-state index in [1.807, 2.05) is 25.1 Å². The standard InChI is InChI=1S/C17H22N4O3/c1-21(2)16-9-8-12(10-18-16)20-17(23)19-11-14(22)13-6-4-5-7-15(13)24-3/h4-10,14,22H,11H2,1-3H3,(H2,19,20,23)/t14-/m1/s1. The summed E-state index contributed by atoms with van der Waals surface area (Å²) in [5.41, 5.74) is 1.20. The normalized spacial score (nSPS) is 11.5. The van der Waals surface area contributed by atoms with Gasteiger partial charge in [0.15, 0.2) is 0 Å². The van der Waals surface area contributed by atoms with Gasteiger partial charge in [-0.2, -0.15) is 0 Å². The van der Waals surface area contributed by atoms with E-state index in [4.69, 9.17) is 4.74 Å². The number of amides is 2. The molecule has 24 heavy (non-hydrogen) atoms. The number of urea groups is 1. The second kappa shape index (κ2) is 8.16. The number of anilines is 2. The van der Waals surface area contributed by atoms with Gasteiger partial charge in [-0.1, -0.05) is 18.2 Å². The first-order chi connectivity index (χ1) is 11.5. The van der Waals surface area contributed by atoms with Crippen LogP contribution in [0.4, 0.5) is 16.3 Å². The van der Waals surface area contributed by atoms with E-state index in [9.17, 15) is 9.90 Å². The van der Waals surface area contributed by atoms with Crippen LogP contribution in [0.25, 0.3) is 0 Å². The van der Waals surface area contributed by atoms with Crippen molar-refractivity contribution in [3.8, 4) is 5.75 Å². The number of hydrogen-bond donors (Lipinski definition) is 3. The summed E-state index contributed by atoms with van der Waals surface area (Å²) < 4.78 is 5.20. The van der Waals surface area contributed by atoms with Gasteiger partial charge in [0.2, 0.25) is 0 Å². The zero-order valence-electron chi connectivity index (χ0n) is 14.0. The molecule has 0 bridgehead atoms. The fourth-order valence-electron chi connectivity index (χ4n) is 2.14. The maximum absolute atomic E-state index is 11.9. The summed E-state index contributed by atoms with van der Waals surface area (Å²) in [5.74, 6) is 1.38. The fourth-order valence-corrected chi connectivity index (χ4v) is 2.14. The number of aromatic nitrogens is 1. The largest absolute Gasteiger partial charge is 0.496 e. The van der Waals surface area contributed by atoms with E-state index in [1.54, 1.807) is 36.5 Å². The number of carbonyl (C=O) groups is 1. The Morgan fingerprint density at radius 2 is 2.04 bits per heavy atom. The number of pyridine rings is 1. The van der Waals surface area contributed by atoms with E-state index >= 15 is 0 Å². The van der Waals surface area contributed by atoms with E-state index in [0.717, 1.165) is 5.82 Å². The lowest BCUT2D eigenvalue weighted by atomic mass is 10.1. The number of carbonyl (C=O) groups excluding carboxylic acids is 1. The Labute approximate surface area is 141 Å². The van der Waals surface area contributed by atoms with Crippen molar-refractivity contribution in [3.05, 3.63) is 48.2 Å². The molecule has 1 aromatic carbocycles. The molecule has 0 aliphatic rings. The molecule has 0 saturated heterocycles. The second-order valence-electron chi connectivity index (χ2n) is 5.39. The molecule has 7 nitrogen and oxygen atoms in total. The van der Waals surface area contributed by atoms with Crippen LogP contribution in [-0.4, -0.2) is 43.9 Å². The third-order valence-electron chi connectivity index (χ3n) is 3.42. The van der Waals surface area contributed by atoms with E-state index in [1.165, 1.54) is 7.11 Å². The predicted octanol–water partition coefficient (Wildman–Crippen LogP) is 2.01. The zero-order valence-corrected chi connectivity index (χ0v) is 14.0. The minimum atomic E-state index is -0.860. The fraction of sp³-hybridized carbons (Fsp3) is 0.294. The summed E-state index contributed by atoms with van der Waals surface area (Å²) in [4.78, 5) is 18.0. The lowest BCUT2D eigenvalue weighted by Gasteiger charge is -2.16. The molecule has 0 aliphatic carbocycles. The first kappa shape index (κ1) is 17.6. The monoisotopic (exact) mass is 330 g/mol. The van der Waals surface area contributed by atoms with Gasteiger partial charge in [0.25, 0.3) is 0 Å². The number of nitrogens with zero attached hydrogens (tertiary/aromatic N) is 2. The molecule has 0 saturated carbocycles. The van der Waals surface area contributed by atoms with Gasteiger partial charge in [0.1, 0.15) is 11.6 Å². The van der Waals surface area contributed by atoms with E-state index in [-0.39, 0.29) is 6.54 Å². The molecule has 2 amide bonds. The van der Waals surface area contributed by atoms with Gasteiger partial charge >= 0.3 is 6.03 Å². The SMILES string of the molecule is COc1ccccc1[C@H](O)CNC(=O)Nc1ccc(N(C)C)nc1. The number of aliphatic hydroxyl groups excluding tert-OH is 1. The van der Waals surface area contributed by atoms with Crippen molar-refractivity contribution in [1.82, 2.24) is 10.3 Å². The number of hydrogen-bond acceptors (Lipinski definition) is 5. The van der Waals surface area contributed by atoms with Gasteiger partial charge in [-0.15, -0.1) is 0 Å². The number of para-hydroxylation sites is 1. The summed E-state index contributed by atoms with van der Waals surface area (Å²) >= 11 is 0. The zero-order chi connectivity index (χ0) is 17.5. The average Bonchev–Trinajstić information content (AvgIpc) is 2.60. The molecule has 0 radical (unpaired) electrons. The molecule has 2 aromatic rings. The molecule has 0 aliphatic heterocycles. The molecule has 3 N–H and O–H groups in total. The van der Waals surface area contributed by atoms with Crippen LogP contribution in [0, 0.1) is 0 Å². The smallest absolute Gasteiger partial charge is 0.319 e. The Balaban J connectivity index is 1.88. The van der Waals surface area contributed by atoms with Gasteiger partial charge in [0.05, 0.1) is 25.1 Å². The summed E-state index contributed by atoms with van der Waals surface area (Å²) in [5, 5.41) is 15.5. The van der Waals surface area contributed by atoms with Crippen molar-refractivity contribution >= 4 is 17.5 Å². The molecule has 7 heteroatoms. The number of benzene rings is 1. The van der Waals surface area contributed by atoms with E-state index in [2.05, 4.69) is 15.6 Å². The number of nitrogens with one attached hydrogen (secondary N) is 2. The highest BCUT2D eigenvalue weighted by atomic mass is 16.5. The molecular formula is C17H22N4O3. The lowest BCUT2D eigenvalue weighted by molar-refractivity contribution is 0.171. The number of ether oxygens (including phenoxy) is 1. The molecule has 0 unspecified atom stereocenters. The molecule has 0 fully saturated rings. The molecule has 0 spiro atoms. The number of methoxy groups -OCH3 is 1. The molecular weight excluding hydrogens is 308 g/mol. The molecule has 128 valence electrons. The Hall–Kier alpha value is -2.80. The Kier molecular flexibility index (Phi) is 5.97. The molecule has 1 heterocycles. The quantitative estimate of drug-likeness (QED) is 0.754. The van der Waals surface area contributed by atoms with Gasteiger partial charge in [-0.25, -0.2) is 9.78 Å². The van der Waals surface area contributed by atoms with E-state index < -0.39 is 12.1 Å². The molecule has 1 aromatic heterocycles. The number of rotatable bonds is 6. The minimum absolute atomic E-state index is 0.0649. The Morgan fingerprint density at radius 3 is 2.67 bits per heavy atom. The first-order valence-electron chi connectivity index (χ1n) is 7.50. The van der Waals surface area contributed by atoms with Crippen LogP contribution in [0.1, 0.15) is 11.7 Å². The third-order valence-corrected chi connectivity index (χ3v) is 3.42. The highest BCUT2D eigenvalue weighted by molar-refractivity contribution is 5.89. The molecule has 2 rings (SSSR count). The van der Waals surface area contributed by atoms with Crippen molar-refractivity contribution < 1.29 is 14.6 Å². The summed E-state index contributed by atoms with van der Waals surface area (Å²) in [6.45, 7) is 0.0649. The van der Waals surface area contributed by atoms with Crippen LogP contribution in [0.15, 0.2) is 42.6 Å². The predicted molar refractivity (Wildman–Crippen MR) is 93.5 cm³/mol. The summed E-state index contributed by atoms with van der Waals surface area (Å²) in [7, 11) is 5.32. The number of aliphatic hydroxyl groups is 1. The summed E-state index contributed by atoms with van der Waals surface area (Å²) in [6.07, 6.45) is 0.715. The first-order valence-corrected chi connectivity index (χ1v) is 7.50. The van der Waals surface area contributed by atoms with Crippen LogP contribution in [0.2, 0.25) is 0 Å². The molecule has 1 atom stereocenters. The van der Waals surface area contributed by atoms with Gasteiger partial charge in [-0.3, -0.25) is 0 Å². The maximum Gasteiger partial charge on any atom is 0.319 e. The van der Waals surface area contributed by atoms with Gasteiger partial charge in [0, 0.05) is 26.2 Å². The van der Waals surface area contributed by atoms with Gasteiger partial charge in [-0.05, 0) is 18.2 Å². The topological polar surface area (TPSA) is 86.7 Å². The minimum Gasteiger partial charge on any atom is -0.496 e. The van der Waals surface area contributed by atoms with Crippen molar-refractivity contribution in [2.24, 2.45) is 0 Å². The van der Waals surface area contributed by atoms with Crippen molar-refractivity contribution in [1.29, 1.82) is 0 Å². The average molecular weight is 330 g/mol. The van der Waals surface area contributed by atoms with E-state index in [0.29, 0.717) is 17.0 Å². The Bertz CT molecular complexity index is 674. The van der Waals surface area contributed by atoms with Gasteiger partial charge < -0.3 is 25.4 Å². The maximum atomic E-state index is 11.9. The van der Waals surface area contributed by atoms with Crippen LogP contribution in [0.3, 0.4) is 0 Å². The lowest BCUT2D eigenvalue weighted by Crippen LogP contribution is -2.32. The highest BCUT2D eigenvalue weighted by Crippen LogP contribution is 2.24. The highest BCUT2D eigenvalue weighted by Gasteiger charge is 2.13. The Morgan fingerprint density at radius 1 is 1.29 bits per heavy atom. The third kappa shape index (κ3) is 4.60.